The van der Waals surface area contributed by atoms with Crippen molar-refractivity contribution in [2.45, 2.75) is 78.4 Å². The van der Waals surface area contributed by atoms with Gasteiger partial charge in [-0.1, -0.05) is 81.8 Å². The second-order valence-corrected chi connectivity index (χ2v) is 11.8. The average Bonchev–Trinajstić information content (AvgIpc) is 3.02. The number of hydrogen-bond acceptors (Lipinski definition) is 8. The fourth-order valence-electron chi connectivity index (χ4n) is 4.68. The van der Waals surface area contributed by atoms with Crippen LogP contribution in [0.2, 0.25) is 0 Å². The Morgan fingerprint density at radius 1 is 0.778 bits per heavy atom. The number of ether oxygens (including phenoxy) is 6. The van der Waals surface area contributed by atoms with Gasteiger partial charge in [0, 0.05) is 57.7 Å². The first kappa shape index (κ1) is 36.1. The van der Waals surface area contributed by atoms with Crippen LogP contribution in [0.3, 0.4) is 0 Å². The summed E-state index contributed by atoms with van der Waals surface area (Å²) in [7, 11) is 0. The minimum Gasteiger partial charge on any atom is -0.489 e. The van der Waals surface area contributed by atoms with E-state index >= 15 is 0 Å². The number of hydrogen-bond donors (Lipinski definition) is 0. The Morgan fingerprint density at radius 3 is 1.69 bits per heavy atom. The molecule has 0 spiro atoms. The Bertz CT molecular complexity index is 1360. The fourth-order valence-corrected chi connectivity index (χ4v) is 4.89. The zero-order valence-corrected chi connectivity index (χ0v) is 27.8. The van der Waals surface area contributed by atoms with Crippen LogP contribution in [0.5, 0.6) is 11.5 Å². The lowest BCUT2D eigenvalue weighted by Gasteiger charge is -2.27. The van der Waals surface area contributed by atoms with E-state index in [0.29, 0.717) is 53.7 Å². The second-order valence-electron chi connectivity index (χ2n) is 11.3. The van der Waals surface area contributed by atoms with Crippen molar-refractivity contribution in [3.63, 3.8) is 0 Å². The third kappa shape index (κ3) is 10.9. The van der Waals surface area contributed by atoms with Gasteiger partial charge in [0.2, 0.25) is 0 Å². The molecule has 0 aliphatic heterocycles. The smallest absolute Gasteiger partial charge is 0.333 e. The molecule has 0 aromatic heterocycles. The Balaban J connectivity index is 1.93. The van der Waals surface area contributed by atoms with Crippen LogP contribution in [0.4, 0.5) is 0 Å². The Morgan fingerprint density at radius 2 is 1.24 bits per heavy atom. The monoisotopic (exact) mass is 642 g/mol. The van der Waals surface area contributed by atoms with Gasteiger partial charge >= 0.3 is 11.9 Å². The van der Waals surface area contributed by atoms with Crippen LogP contribution < -0.4 is 9.47 Å². The van der Waals surface area contributed by atoms with Crippen LogP contribution >= 0.6 is 11.6 Å². The van der Waals surface area contributed by atoms with Gasteiger partial charge in [-0.3, -0.25) is 0 Å². The average molecular weight is 643 g/mol. The van der Waals surface area contributed by atoms with Crippen molar-refractivity contribution in [2.24, 2.45) is 0 Å². The summed E-state index contributed by atoms with van der Waals surface area (Å²) in [6.45, 7) is 16.5. The van der Waals surface area contributed by atoms with Crippen LogP contribution in [0, 0.1) is 0 Å². The normalized spacial score (nSPS) is 13.8. The molecule has 2 unspecified atom stereocenters. The predicted molar refractivity (Wildman–Crippen MR) is 177 cm³/mol. The van der Waals surface area contributed by atoms with Crippen molar-refractivity contribution in [1.82, 2.24) is 0 Å². The number of rotatable bonds is 20. The SMILES string of the molecule is C=C(C)C(=O)OC(COCCCC)COc1c2c(c(OCC(COCCCC)OC(=O)C(=C)C)c3ccccc13)CC(Cl)=CC2. The molecular weight excluding hydrogens is 596 g/mol. The topological polar surface area (TPSA) is 89.5 Å². The lowest BCUT2D eigenvalue weighted by atomic mass is 9.90. The number of halogens is 1. The van der Waals surface area contributed by atoms with Crippen molar-refractivity contribution in [3.05, 3.63) is 70.8 Å². The zero-order chi connectivity index (χ0) is 32.8. The summed E-state index contributed by atoms with van der Waals surface area (Å²) in [6, 6.07) is 7.79. The third-order valence-electron chi connectivity index (χ3n) is 7.17. The van der Waals surface area contributed by atoms with E-state index in [-0.39, 0.29) is 26.4 Å². The highest BCUT2D eigenvalue weighted by Crippen LogP contribution is 2.44. The Labute approximate surface area is 272 Å². The molecule has 0 amide bonds. The van der Waals surface area contributed by atoms with Crippen molar-refractivity contribution in [2.75, 3.05) is 39.6 Å². The molecule has 2 atom stereocenters. The van der Waals surface area contributed by atoms with E-state index in [1.54, 1.807) is 13.8 Å². The lowest BCUT2D eigenvalue weighted by Crippen LogP contribution is -2.31. The number of esters is 2. The standard InChI is InChI=1S/C36H47ClO8/c1-7-9-17-40-20-27(44-35(38)24(3)4)22-42-33-29-13-11-12-14-30(29)34(32-19-26(37)15-16-31(32)33)43-23-28(21-41-18-10-8-2)45-36(39)25(5)6/h11-15,27-28H,3,5,7-10,16-23H2,1-2,4,6H3. The molecule has 2 aromatic rings. The van der Waals surface area contributed by atoms with Gasteiger partial charge in [0.05, 0.1) is 13.2 Å². The first-order chi connectivity index (χ1) is 21.7. The van der Waals surface area contributed by atoms with E-state index in [1.807, 2.05) is 30.3 Å². The molecule has 0 N–H and O–H groups in total. The van der Waals surface area contributed by atoms with E-state index in [2.05, 4.69) is 27.0 Å². The molecule has 0 saturated heterocycles. The summed E-state index contributed by atoms with van der Waals surface area (Å²) in [4.78, 5) is 24.8. The van der Waals surface area contributed by atoms with Crippen molar-refractivity contribution in [3.8, 4) is 11.5 Å². The van der Waals surface area contributed by atoms with Crippen molar-refractivity contribution < 1.29 is 38.0 Å². The van der Waals surface area contributed by atoms with Gasteiger partial charge in [0.15, 0.2) is 12.2 Å². The first-order valence-electron chi connectivity index (χ1n) is 15.7. The number of fused-ring (bicyclic) bond motifs is 2. The van der Waals surface area contributed by atoms with Crippen LogP contribution in [0.1, 0.15) is 64.5 Å². The molecule has 0 bridgehead atoms. The summed E-state index contributed by atoms with van der Waals surface area (Å²) in [5, 5.41) is 2.35. The maximum atomic E-state index is 12.4. The molecule has 9 heteroatoms. The maximum Gasteiger partial charge on any atom is 0.333 e. The number of carbonyl (C=O) groups excluding carboxylic acids is 2. The fraction of sp³-hybridized carbons (Fsp3) is 0.500. The van der Waals surface area contributed by atoms with Gasteiger partial charge in [-0.15, -0.1) is 0 Å². The quantitative estimate of drug-likeness (QED) is 0.0837. The molecule has 45 heavy (non-hydrogen) atoms. The van der Waals surface area contributed by atoms with Gasteiger partial charge < -0.3 is 28.4 Å². The van der Waals surface area contributed by atoms with E-state index < -0.39 is 24.1 Å². The highest BCUT2D eigenvalue weighted by molar-refractivity contribution is 6.30. The predicted octanol–water partition coefficient (Wildman–Crippen LogP) is 7.43. The van der Waals surface area contributed by atoms with Crippen LogP contribution in [-0.2, 0) is 41.4 Å². The molecule has 0 fully saturated rings. The number of carbonyl (C=O) groups is 2. The molecule has 0 radical (unpaired) electrons. The highest BCUT2D eigenvalue weighted by Gasteiger charge is 2.27. The number of benzene rings is 2. The number of allylic oxidation sites excluding steroid dienone is 2. The highest BCUT2D eigenvalue weighted by atomic mass is 35.5. The van der Waals surface area contributed by atoms with Gasteiger partial charge in [-0.05, 0) is 33.1 Å². The van der Waals surface area contributed by atoms with Gasteiger partial charge in [0.25, 0.3) is 0 Å². The molecule has 0 saturated carbocycles. The largest absolute Gasteiger partial charge is 0.489 e. The van der Waals surface area contributed by atoms with Crippen LogP contribution in [0.15, 0.2) is 59.7 Å². The second kappa shape index (κ2) is 18.6. The molecule has 246 valence electrons. The van der Waals surface area contributed by atoms with E-state index in [9.17, 15) is 9.59 Å². The maximum absolute atomic E-state index is 12.4. The van der Waals surface area contributed by atoms with Crippen molar-refractivity contribution in [1.29, 1.82) is 0 Å². The minimum atomic E-state index is -0.637. The van der Waals surface area contributed by atoms with Crippen LogP contribution in [0.25, 0.3) is 10.8 Å². The van der Waals surface area contributed by atoms with Gasteiger partial charge in [-0.2, -0.15) is 0 Å². The molecule has 0 heterocycles. The Kier molecular flexibility index (Phi) is 14.9. The summed E-state index contributed by atoms with van der Waals surface area (Å²) >= 11 is 6.57. The molecule has 3 rings (SSSR count). The minimum absolute atomic E-state index is 0.0805. The van der Waals surface area contributed by atoms with Gasteiger partial charge in [0.1, 0.15) is 24.7 Å². The van der Waals surface area contributed by atoms with E-state index in [0.717, 1.165) is 47.6 Å². The Hall–Kier alpha value is -3.33. The lowest BCUT2D eigenvalue weighted by molar-refractivity contribution is -0.150. The molecule has 1 aliphatic carbocycles. The molecular formula is C36H47ClO8. The summed E-state index contributed by atoms with van der Waals surface area (Å²) in [5.74, 6) is 0.335. The molecule has 2 aromatic carbocycles. The first-order valence-corrected chi connectivity index (χ1v) is 16.1. The van der Waals surface area contributed by atoms with E-state index in [4.69, 9.17) is 40.0 Å². The van der Waals surface area contributed by atoms with Crippen LogP contribution in [-0.4, -0.2) is 63.8 Å². The van der Waals surface area contributed by atoms with Crippen molar-refractivity contribution >= 4 is 34.3 Å². The third-order valence-corrected chi connectivity index (χ3v) is 7.45. The zero-order valence-electron chi connectivity index (χ0n) is 27.1. The summed E-state index contributed by atoms with van der Waals surface area (Å²) in [6.07, 6.45) is 5.48. The molecule has 1 aliphatic rings. The number of unbranched alkanes of at least 4 members (excludes halogenated alkanes) is 2. The summed E-state index contributed by atoms with van der Waals surface area (Å²) < 4.78 is 35.9. The summed E-state index contributed by atoms with van der Waals surface area (Å²) in [5.41, 5.74) is 2.43. The van der Waals surface area contributed by atoms with E-state index in [1.165, 1.54) is 0 Å². The molecule has 8 nitrogen and oxygen atoms in total. The van der Waals surface area contributed by atoms with Gasteiger partial charge in [-0.25, -0.2) is 9.59 Å².